The van der Waals surface area contributed by atoms with Gasteiger partial charge in [-0.2, -0.15) is 0 Å². The fourth-order valence-electron chi connectivity index (χ4n) is 1.53. The third-order valence-electron chi connectivity index (χ3n) is 2.36. The van der Waals surface area contributed by atoms with Crippen molar-refractivity contribution < 1.29 is 9.90 Å². The number of carbonyl (C=O) groups excluding carboxylic acids is 1. The first kappa shape index (κ1) is 11.1. The normalized spacial score (nSPS) is 10.6. The number of hydrogen-bond acceptors (Lipinski definition) is 3. The zero-order valence-electron chi connectivity index (χ0n) is 9.08. The molecule has 0 spiro atoms. The maximum Gasteiger partial charge on any atom is 0.190 e. The predicted octanol–water partition coefficient (Wildman–Crippen LogP) is 3.00. The number of allylic oxidation sites excluding steroid dienone is 1. The van der Waals surface area contributed by atoms with Crippen LogP contribution in [0.1, 0.15) is 10.4 Å². The molecule has 3 nitrogen and oxygen atoms in total. The van der Waals surface area contributed by atoms with Gasteiger partial charge in [0.25, 0.3) is 0 Å². The van der Waals surface area contributed by atoms with Gasteiger partial charge in [-0.25, -0.2) is 0 Å². The van der Waals surface area contributed by atoms with Crippen LogP contribution in [0.2, 0.25) is 0 Å². The fourth-order valence-corrected chi connectivity index (χ4v) is 1.53. The van der Waals surface area contributed by atoms with Crippen molar-refractivity contribution in [1.82, 2.24) is 4.98 Å². The lowest BCUT2D eigenvalue weighted by molar-refractivity contribution is 0.104. The number of pyridine rings is 1. The number of aliphatic hydroxyl groups excluding tert-OH is 1. The van der Waals surface area contributed by atoms with Crippen molar-refractivity contribution in [3.8, 4) is 11.1 Å². The molecule has 0 bridgehead atoms. The molecule has 0 unspecified atom stereocenters. The second-order valence-electron chi connectivity index (χ2n) is 3.51. The Morgan fingerprint density at radius 3 is 2.59 bits per heavy atom. The van der Waals surface area contributed by atoms with Gasteiger partial charge < -0.3 is 5.11 Å². The molecule has 0 aliphatic carbocycles. The summed E-state index contributed by atoms with van der Waals surface area (Å²) in [6.45, 7) is 0. The Labute approximate surface area is 99.1 Å². The van der Waals surface area contributed by atoms with Crippen LogP contribution in [0.25, 0.3) is 11.1 Å². The van der Waals surface area contributed by atoms with Gasteiger partial charge in [0, 0.05) is 29.6 Å². The van der Waals surface area contributed by atoms with Gasteiger partial charge in [0.2, 0.25) is 0 Å². The van der Waals surface area contributed by atoms with Crippen LogP contribution in [0.5, 0.6) is 0 Å². The Balaban J connectivity index is 2.39. The number of rotatable bonds is 3. The highest BCUT2D eigenvalue weighted by Crippen LogP contribution is 2.18. The Hall–Kier alpha value is -2.42. The quantitative estimate of drug-likeness (QED) is 0.496. The molecule has 17 heavy (non-hydrogen) atoms. The van der Waals surface area contributed by atoms with Crippen molar-refractivity contribution in [2.75, 3.05) is 0 Å². The monoisotopic (exact) mass is 225 g/mol. The van der Waals surface area contributed by atoms with Crippen molar-refractivity contribution in [2.24, 2.45) is 0 Å². The van der Waals surface area contributed by atoms with E-state index < -0.39 is 0 Å². The maximum absolute atomic E-state index is 11.5. The van der Waals surface area contributed by atoms with Gasteiger partial charge in [0.15, 0.2) is 5.78 Å². The standard InChI is InChI=1S/C14H11NO2/c16-7-6-14(17)13-8-12(9-15-10-13)11-4-2-1-3-5-11/h1-10,16H. The molecule has 0 aliphatic heterocycles. The molecule has 0 atom stereocenters. The lowest BCUT2D eigenvalue weighted by Gasteiger charge is -2.02. The van der Waals surface area contributed by atoms with E-state index in [1.54, 1.807) is 12.3 Å². The summed E-state index contributed by atoms with van der Waals surface area (Å²) in [5, 5.41) is 8.56. The average molecular weight is 225 g/mol. The van der Waals surface area contributed by atoms with Crippen LogP contribution >= 0.6 is 0 Å². The van der Waals surface area contributed by atoms with E-state index in [-0.39, 0.29) is 5.78 Å². The number of nitrogens with zero attached hydrogens (tertiary/aromatic N) is 1. The molecule has 0 fully saturated rings. The SMILES string of the molecule is O=C(C=CO)c1cncc(-c2ccccc2)c1. The Kier molecular flexibility index (Phi) is 3.31. The minimum atomic E-state index is -0.266. The van der Waals surface area contributed by atoms with Crippen molar-refractivity contribution in [2.45, 2.75) is 0 Å². The lowest BCUT2D eigenvalue weighted by atomic mass is 10.0. The zero-order chi connectivity index (χ0) is 12.1. The van der Waals surface area contributed by atoms with Crippen LogP contribution < -0.4 is 0 Å². The maximum atomic E-state index is 11.5. The minimum absolute atomic E-state index is 0.266. The Morgan fingerprint density at radius 1 is 1.12 bits per heavy atom. The molecule has 1 aromatic carbocycles. The highest BCUT2D eigenvalue weighted by atomic mass is 16.2. The number of aromatic nitrogens is 1. The number of benzene rings is 1. The second kappa shape index (κ2) is 5.07. The van der Waals surface area contributed by atoms with Gasteiger partial charge >= 0.3 is 0 Å². The summed E-state index contributed by atoms with van der Waals surface area (Å²) in [5.41, 5.74) is 2.34. The van der Waals surface area contributed by atoms with Gasteiger partial charge in [-0.3, -0.25) is 9.78 Å². The van der Waals surface area contributed by atoms with Crippen LogP contribution in [-0.4, -0.2) is 15.9 Å². The Bertz CT molecular complexity index is 547. The van der Waals surface area contributed by atoms with Crippen LogP contribution in [0.4, 0.5) is 0 Å². The third kappa shape index (κ3) is 2.58. The fraction of sp³-hybridized carbons (Fsp3) is 0. The molecular weight excluding hydrogens is 214 g/mol. The van der Waals surface area contributed by atoms with Crippen molar-refractivity contribution in [3.63, 3.8) is 0 Å². The molecule has 2 aromatic rings. The van der Waals surface area contributed by atoms with Gasteiger partial charge in [0.05, 0.1) is 6.26 Å². The molecule has 0 amide bonds. The molecule has 0 saturated heterocycles. The van der Waals surface area contributed by atoms with Gasteiger partial charge in [-0.05, 0) is 11.6 Å². The highest BCUT2D eigenvalue weighted by Gasteiger charge is 2.04. The Morgan fingerprint density at radius 2 is 1.88 bits per heavy atom. The summed E-state index contributed by atoms with van der Waals surface area (Å²) in [6.07, 6.45) is 5.02. The second-order valence-corrected chi connectivity index (χ2v) is 3.51. The number of aliphatic hydroxyl groups is 1. The molecule has 0 saturated carbocycles. The van der Waals surface area contributed by atoms with Crippen LogP contribution in [-0.2, 0) is 0 Å². The van der Waals surface area contributed by atoms with Gasteiger partial charge in [0.1, 0.15) is 0 Å². The van der Waals surface area contributed by atoms with E-state index in [0.29, 0.717) is 5.56 Å². The van der Waals surface area contributed by atoms with E-state index >= 15 is 0 Å². The van der Waals surface area contributed by atoms with Crippen molar-refractivity contribution in [3.05, 3.63) is 66.7 Å². The number of ketones is 1. The van der Waals surface area contributed by atoms with Crippen LogP contribution in [0.3, 0.4) is 0 Å². The predicted molar refractivity (Wildman–Crippen MR) is 65.8 cm³/mol. The van der Waals surface area contributed by atoms with E-state index in [4.69, 9.17) is 5.11 Å². The van der Waals surface area contributed by atoms with E-state index in [9.17, 15) is 4.79 Å². The first-order chi connectivity index (χ1) is 8.31. The van der Waals surface area contributed by atoms with Crippen molar-refractivity contribution in [1.29, 1.82) is 0 Å². The summed E-state index contributed by atoms with van der Waals surface area (Å²) in [4.78, 5) is 15.6. The third-order valence-corrected chi connectivity index (χ3v) is 2.36. The van der Waals surface area contributed by atoms with Crippen LogP contribution in [0, 0.1) is 0 Å². The van der Waals surface area contributed by atoms with Crippen LogP contribution in [0.15, 0.2) is 61.1 Å². The summed E-state index contributed by atoms with van der Waals surface area (Å²) >= 11 is 0. The largest absolute Gasteiger partial charge is 0.515 e. The van der Waals surface area contributed by atoms with E-state index in [1.807, 2.05) is 30.3 Å². The van der Waals surface area contributed by atoms with E-state index in [2.05, 4.69) is 4.98 Å². The van der Waals surface area contributed by atoms with E-state index in [1.165, 1.54) is 6.20 Å². The summed E-state index contributed by atoms with van der Waals surface area (Å²) in [7, 11) is 0. The molecule has 1 aromatic heterocycles. The minimum Gasteiger partial charge on any atom is -0.515 e. The summed E-state index contributed by atoms with van der Waals surface area (Å²) in [5.74, 6) is -0.266. The first-order valence-corrected chi connectivity index (χ1v) is 5.17. The van der Waals surface area contributed by atoms with Gasteiger partial charge in [-0.1, -0.05) is 30.3 Å². The topological polar surface area (TPSA) is 50.2 Å². The smallest absolute Gasteiger partial charge is 0.190 e. The molecule has 84 valence electrons. The molecule has 0 aliphatic rings. The summed E-state index contributed by atoms with van der Waals surface area (Å²) in [6, 6.07) is 11.4. The highest BCUT2D eigenvalue weighted by molar-refractivity contribution is 6.04. The molecular formula is C14H11NO2. The molecule has 0 radical (unpaired) electrons. The number of carbonyl (C=O) groups is 1. The molecule has 1 heterocycles. The first-order valence-electron chi connectivity index (χ1n) is 5.17. The molecule has 2 rings (SSSR count). The summed E-state index contributed by atoms with van der Waals surface area (Å²) < 4.78 is 0. The molecule has 1 N–H and O–H groups in total. The van der Waals surface area contributed by atoms with E-state index in [0.717, 1.165) is 23.5 Å². The van der Waals surface area contributed by atoms with Crippen molar-refractivity contribution >= 4 is 5.78 Å². The lowest BCUT2D eigenvalue weighted by Crippen LogP contribution is -1.95. The zero-order valence-corrected chi connectivity index (χ0v) is 9.08. The number of hydrogen-bond donors (Lipinski definition) is 1. The molecule has 3 heteroatoms. The van der Waals surface area contributed by atoms with Gasteiger partial charge in [-0.15, -0.1) is 0 Å². The average Bonchev–Trinajstić information content (AvgIpc) is 2.40.